The van der Waals surface area contributed by atoms with Gasteiger partial charge in [0.25, 0.3) is 0 Å². The summed E-state index contributed by atoms with van der Waals surface area (Å²) < 4.78 is 10.1. The van der Waals surface area contributed by atoms with Gasteiger partial charge in [-0.2, -0.15) is 0 Å². The molecule has 4 N–H and O–H groups in total. The molecule has 0 aliphatic heterocycles. The van der Waals surface area contributed by atoms with E-state index < -0.39 is 18.1 Å². The third kappa shape index (κ3) is 2.86. The Bertz CT molecular complexity index is 407. The normalized spacial score (nSPS) is 13.9. The van der Waals surface area contributed by atoms with E-state index in [-0.39, 0.29) is 0 Å². The first kappa shape index (κ1) is 13.3. The molecule has 1 rings (SSSR count). The van der Waals surface area contributed by atoms with E-state index in [1.165, 1.54) is 26.4 Å². The Balaban J connectivity index is 3.03. The highest BCUT2D eigenvalue weighted by molar-refractivity contribution is 5.74. The zero-order valence-electron chi connectivity index (χ0n) is 9.58. The molecule has 0 fully saturated rings. The first-order valence-corrected chi connectivity index (χ1v) is 4.89. The van der Waals surface area contributed by atoms with Gasteiger partial charge in [0.15, 0.2) is 11.5 Å². The molecule has 0 aliphatic rings. The van der Waals surface area contributed by atoms with Crippen LogP contribution in [-0.4, -0.2) is 36.4 Å². The van der Waals surface area contributed by atoms with Crippen LogP contribution in [0.4, 0.5) is 0 Å². The maximum atomic E-state index is 10.7. The molecule has 0 spiro atoms. The molecule has 1 aromatic rings. The van der Waals surface area contributed by atoms with Crippen molar-refractivity contribution < 1.29 is 24.5 Å². The SMILES string of the molecule is COc1ccc([C@H](O)[C@@H](N)C(=O)O)cc1OC. The maximum Gasteiger partial charge on any atom is 0.323 e. The lowest BCUT2D eigenvalue weighted by molar-refractivity contribution is -0.141. The number of nitrogens with two attached hydrogens (primary N) is 1. The second kappa shape index (κ2) is 5.51. The number of carboxylic acid groups (broad SMARTS) is 1. The minimum atomic E-state index is -1.38. The number of hydrogen-bond acceptors (Lipinski definition) is 5. The van der Waals surface area contributed by atoms with E-state index in [0.717, 1.165) is 0 Å². The van der Waals surface area contributed by atoms with Crippen molar-refractivity contribution in [2.24, 2.45) is 5.73 Å². The summed E-state index contributed by atoms with van der Waals surface area (Å²) >= 11 is 0. The van der Waals surface area contributed by atoms with Crippen molar-refractivity contribution in [2.45, 2.75) is 12.1 Å². The fourth-order valence-electron chi connectivity index (χ4n) is 1.38. The predicted molar refractivity (Wildman–Crippen MR) is 60.1 cm³/mol. The van der Waals surface area contributed by atoms with Gasteiger partial charge in [-0.3, -0.25) is 4.79 Å². The van der Waals surface area contributed by atoms with Gasteiger partial charge in [0, 0.05) is 0 Å². The molecule has 0 aromatic heterocycles. The van der Waals surface area contributed by atoms with Crippen LogP contribution in [-0.2, 0) is 4.79 Å². The van der Waals surface area contributed by atoms with Crippen molar-refractivity contribution in [3.05, 3.63) is 23.8 Å². The van der Waals surface area contributed by atoms with Gasteiger partial charge in [-0.25, -0.2) is 0 Å². The first-order valence-electron chi connectivity index (χ1n) is 4.89. The average Bonchev–Trinajstić information content (AvgIpc) is 2.35. The van der Waals surface area contributed by atoms with E-state index in [9.17, 15) is 9.90 Å². The molecule has 6 nitrogen and oxygen atoms in total. The fraction of sp³-hybridized carbons (Fsp3) is 0.364. The predicted octanol–water partition coefficient (Wildman–Crippen LogP) is 0.149. The first-order chi connectivity index (χ1) is 8.01. The van der Waals surface area contributed by atoms with Crippen LogP contribution in [0.25, 0.3) is 0 Å². The number of aliphatic hydroxyl groups excluding tert-OH is 1. The van der Waals surface area contributed by atoms with Crippen molar-refractivity contribution >= 4 is 5.97 Å². The topological polar surface area (TPSA) is 102 Å². The highest BCUT2D eigenvalue weighted by atomic mass is 16.5. The van der Waals surface area contributed by atoms with Gasteiger partial charge < -0.3 is 25.4 Å². The Kier molecular flexibility index (Phi) is 4.30. The van der Waals surface area contributed by atoms with Crippen molar-refractivity contribution in [2.75, 3.05) is 14.2 Å². The Hall–Kier alpha value is -1.79. The summed E-state index contributed by atoms with van der Waals surface area (Å²) in [6.45, 7) is 0. The molecule has 0 unspecified atom stereocenters. The van der Waals surface area contributed by atoms with Gasteiger partial charge >= 0.3 is 5.97 Å². The van der Waals surface area contributed by atoms with Gasteiger partial charge in [0.1, 0.15) is 12.1 Å². The van der Waals surface area contributed by atoms with E-state index in [1.54, 1.807) is 6.07 Å². The molecule has 0 saturated heterocycles. The van der Waals surface area contributed by atoms with Crippen LogP contribution in [0.15, 0.2) is 18.2 Å². The van der Waals surface area contributed by atoms with E-state index in [2.05, 4.69) is 0 Å². The van der Waals surface area contributed by atoms with Gasteiger partial charge in [0.05, 0.1) is 14.2 Å². The molecule has 0 saturated carbocycles. The number of carbonyl (C=O) groups is 1. The molecule has 6 heteroatoms. The number of aliphatic carboxylic acids is 1. The Morgan fingerprint density at radius 1 is 1.29 bits per heavy atom. The summed E-state index contributed by atoms with van der Waals surface area (Å²) in [5, 5.41) is 18.4. The summed E-state index contributed by atoms with van der Waals surface area (Å²) in [5.41, 5.74) is 5.69. The summed E-state index contributed by atoms with van der Waals surface area (Å²) in [5.74, 6) is -0.374. The lowest BCUT2D eigenvalue weighted by Gasteiger charge is -2.17. The van der Waals surface area contributed by atoms with Gasteiger partial charge in [-0.15, -0.1) is 0 Å². The van der Waals surface area contributed by atoms with E-state index in [0.29, 0.717) is 17.1 Å². The molecule has 0 radical (unpaired) electrons. The summed E-state index contributed by atoms with van der Waals surface area (Å²) in [4.78, 5) is 10.7. The highest BCUT2D eigenvalue weighted by Gasteiger charge is 2.24. The lowest BCUT2D eigenvalue weighted by atomic mass is 10.0. The largest absolute Gasteiger partial charge is 0.493 e. The number of ether oxygens (including phenoxy) is 2. The van der Waals surface area contributed by atoms with E-state index >= 15 is 0 Å². The van der Waals surface area contributed by atoms with Crippen LogP contribution in [0.3, 0.4) is 0 Å². The Labute approximate surface area is 98.6 Å². The smallest absolute Gasteiger partial charge is 0.323 e. The molecule has 17 heavy (non-hydrogen) atoms. The molecule has 94 valence electrons. The van der Waals surface area contributed by atoms with Crippen LogP contribution in [0.2, 0.25) is 0 Å². The maximum absolute atomic E-state index is 10.7. The van der Waals surface area contributed by atoms with Crippen LogP contribution < -0.4 is 15.2 Å². The Morgan fingerprint density at radius 2 is 1.88 bits per heavy atom. The van der Waals surface area contributed by atoms with Gasteiger partial charge in [-0.1, -0.05) is 6.07 Å². The quantitative estimate of drug-likeness (QED) is 0.678. The monoisotopic (exact) mass is 241 g/mol. The molecule has 1 aromatic carbocycles. The van der Waals surface area contributed by atoms with Crippen LogP contribution in [0.1, 0.15) is 11.7 Å². The van der Waals surface area contributed by atoms with Gasteiger partial charge in [-0.05, 0) is 17.7 Å². The molecule has 0 bridgehead atoms. The number of hydrogen-bond donors (Lipinski definition) is 3. The minimum absolute atomic E-state index is 0.359. The van der Waals surface area contributed by atoms with Crippen molar-refractivity contribution in [1.29, 1.82) is 0 Å². The molecular formula is C11H15NO5. The lowest BCUT2D eigenvalue weighted by Crippen LogP contribution is -2.36. The standard InChI is InChI=1S/C11H15NO5/c1-16-7-4-3-6(5-8(7)17-2)10(13)9(12)11(14)15/h3-5,9-10,13H,12H2,1-2H3,(H,14,15)/t9-,10+/m1/s1. The molecule has 0 aliphatic carbocycles. The van der Waals surface area contributed by atoms with Crippen molar-refractivity contribution in [3.63, 3.8) is 0 Å². The second-order valence-corrected chi connectivity index (χ2v) is 3.42. The highest BCUT2D eigenvalue weighted by Crippen LogP contribution is 2.30. The van der Waals surface area contributed by atoms with Gasteiger partial charge in [0.2, 0.25) is 0 Å². The fourth-order valence-corrected chi connectivity index (χ4v) is 1.38. The molecule has 0 amide bonds. The van der Waals surface area contributed by atoms with E-state index in [4.69, 9.17) is 20.3 Å². The van der Waals surface area contributed by atoms with Crippen LogP contribution >= 0.6 is 0 Å². The number of rotatable bonds is 5. The average molecular weight is 241 g/mol. The zero-order chi connectivity index (χ0) is 13.0. The Morgan fingerprint density at radius 3 is 2.35 bits per heavy atom. The summed E-state index contributed by atoms with van der Waals surface area (Å²) in [6.07, 6.45) is -1.30. The van der Waals surface area contributed by atoms with Crippen LogP contribution in [0, 0.1) is 0 Å². The van der Waals surface area contributed by atoms with Crippen LogP contribution in [0.5, 0.6) is 11.5 Å². The molecule has 2 atom stereocenters. The third-order valence-corrected chi connectivity index (χ3v) is 2.37. The van der Waals surface area contributed by atoms with Crippen molar-refractivity contribution in [1.82, 2.24) is 0 Å². The number of benzene rings is 1. The minimum Gasteiger partial charge on any atom is -0.493 e. The molecular weight excluding hydrogens is 226 g/mol. The number of aliphatic hydroxyl groups is 1. The number of methoxy groups -OCH3 is 2. The van der Waals surface area contributed by atoms with Crippen molar-refractivity contribution in [3.8, 4) is 11.5 Å². The summed E-state index contributed by atoms with van der Waals surface area (Å²) in [7, 11) is 2.93. The third-order valence-electron chi connectivity index (χ3n) is 2.37. The summed E-state index contributed by atoms with van der Waals surface area (Å²) in [6, 6.07) is 3.22. The molecule has 0 heterocycles. The van der Waals surface area contributed by atoms with E-state index in [1.807, 2.05) is 0 Å². The zero-order valence-corrected chi connectivity index (χ0v) is 9.58. The number of carboxylic acids is 1. The second-order valence-electron chi connectivity index (χ2n) is 3.42.